The molecule has 3 aromatic rings. The molecule has 0 amide bonds. The maximum atomic E-state index is 5.97. The molecule has 2 heteroatoms. The number of rotatable bonds is 6. The second-order valence-electron chi connectivity index (χ2n) is 5.64. The van der Waals surface area contributed by atoms with Crippen molar-refractivity contribution in [3.05, 3.63) is 83.9 Å². The van der Waals surface area contributed by atoms with Crippen LogP contribution in [-0.4, -0.2) is 12.6 Å². The molecule has 0 heterocycles. The van der Waals surface area contributed by atoms with Crippen molar-refractivity contribution < 1.29 is 0 Å². The molecule has 0 saturated carbocycles. The average Bonchev–Trinajstić information content (AvgIpc) is 2.59. The summed E-state index contributed by atoms with van der Waals surface area (Å²) in [6.45, 7) is 1.49. The van der Waals surface area contributed by atoms with Gasteiger partial charge in [-0.1, -0.05) is 72.8 Å². The summed E-state index contributed by atoms with van der Waals surface area (Å²) in [6, 6.07) is 25.8. The van der Waals surface area contributed by atoms with Crippen LogP contribution in [0.4, 0.5) is 0 Å². The highest BCUT2D eigenvalue weighted by atomic mass is 14.9. The van der Waals surface area contributed by atoms with E-state index in [-0.39, 0.29) is 6.04 Å². The monoisotopic (exact) mass is 290 g/mol. The zero-order valence-electron chi connectivity index (χ0n) is 12.7. The fraction of sp³-hybridized carbons (Fsp3) is 0.200. The SMILES string of the molecule is NCC(Cc1cccc2ccccc12)NCc1ccccc1. The van der Waals surface area contributed by atoms with Crippen molar-refractivity contribution in [2.24, 2.45) is 5.73 Å². The predicted molar refractivity (Wildman–Crippen MR) is 93.8 cm³/mol. The predicted octanol–water partition coefficient (Wildman–Crippen LogP) is 3.50. The zero-order valence-corrected chi connectivity index (χ0v) is 12.7. The first kappa shape index (κ1) is 14.8. The smallest absolute Gasteiger partial charge is 0.0234 e. The Balaban J connectivity index is 1.71. The third-order valence-corrected chi connectivity index (χ3v) is 4.07. The van der Waals surface area contributed by atoms with Gasteiger partial charge in [-0.15, -0.1) is 0 Å². The van der Waals surface area contributed by atoms with Gasteiger partial charge in [0.05, 0.1) is 0 Å². The summed E-state index contributed by atoms with van der Waals surface area (Å²) in [6.07, 6.45) is 0.949. The molecular formula is C20H22N2. The average molecular weight is 290 g/mol. The van der Waals surface area contributed by atoms with Gasteiger partial charge in [0.1, 0.15) is 0 Å². The molecule has 3 N–H and O–H groups in total. The van der Waals surface area contributed by atoms with Crippen LogP contribution in [0.2, 0.25) is 0 Å². The Morgan fingerprint density at radius 1 is 0.818 bits per heavy atom. The molecule has 0 aliphatic heterocycles. The number of nitrogens with one attached hydrogen (secondary N) is 1. The molecular weight excluding hydrogens is 268 g/mol. The van der Waals surface area contributed by atoms with E-state index in [4.69, 9.17) is 5.73 Å². The van der Waals surface area contributed by atoms with Crippen LogP contribution in [0.25, 0.3) is 10.8 Å². The van der Waals surface area contributed by atoms with E-state index < -0.39 is 0 Å². The quantitative estimate of drug-likeness (QED) is 0.729. The first-order valence-electron chi connectivity index (χ1n) is 7.81. The normalized spacial score (nSPS) is 12.4. The van der Waals surface area contributed by atoms with Gasteiger partial charge in [0.15, 0.2) is 0 Å². The Bertz CT molecular complexity index is 717. The van der Waals surface area contributed by atoms with Crippen LogP contribution < -0.4 is 11.1 Å². The van der Waals surface area contributed by atoms with Gasteiger partial charge in [-0.3, -0.25) is 0 Å². The lowest BCUT2D eigenvalue weighted by atomic mass is 9.98. The minimum atomic E-state index is 0.283. The molecule has 0 spiro atoms. The van der Waals surface area contributed by atoms with Crippen molar-refractivity contribution in [3.8, 4) is 0 Å². The van der Waals surface area contributed by atoms with E-state index >= 15 is 0 Å². The van der Waals surface area contributed by atoms with Crippen LogP contribution >= 0.6 is 0 Å². The molecule has 0 aliphatic carbocycles. The zero-order chi connectivity index (χ0) is 15.2. The van der Waals surface area contributed by atoms with E-state index in [0.717, 1.165) is 13.0 Å². The van der Waals surface area contributed by atoms with Gasteiger partial charge in [0, 0.05) is 19.1 Å². The summed E-state index contributed by atoms with van der Waals surface area (Å²) in [5, 5.41) is 6.19. The number of benzene rings is 3. The maximum absolute atomic E-state index is 5.97. The standard InChI is InChI=1S/C20H22N2/c21-14-19(22-15-16-7-2-1-3-8-16)13-18-11-6-10-17-9-4-5-12-20(17)18/h1-12,19,22H,13-15,21H2. The Morgan fingerprint density at radius 2 is 1.55 bits per heavy atom. The highest BCUT2D eigenvalue weighted by Crippen LogP contribution is 2.19. The van der Waals surface area contributed by atoms with E-state index in [9.17, 15) is 0 Å². The largest absolute Gasteiger partial charge is 0.329 e. The number of nitrogens with two attached hydrogens (primary N) is 1. The van der Waals surface area contributed by atoms with Crippen molar-refractivity contribution in [2.75, 3.05) is 6.54 Å². The van der Waals surface area contributed by atoms with Crippen LogP contribution in [0.5, 0.6) is 0 Å². The molecule has 0 aromatic heterocycles. The molecule has 112 valence electrons. The van der Waals surface area contributed by atoms with Crippen molar-refractivity contribution >= 4 is 10.8 Å². The van der Waals surface area contributed by atoms with E-state index in [1.165, 1.54) is 21.9 Å². The Morgan fingerprint density at radius 3 is 2.36 bits per heavy atom. The third kappa shape index (κ3) is 3.53. The maximum Gasteiger partial charge on any atom is 0.0234 e. The molecule has 0 bridgehead atoms. The Labute approximate surface area is 132 Å². The lowest BCUT2D eigenvalue weighted by molar-refractivity contribution is 0.517. The van der Waals surface area contributed by atoms with Crippen LogP contribution in [0.1, 0.15) is 11.1 Å². The van der Waals surface area contributed by atoms with Crippen LogP contribution in [0, 0.1) is 0 Å². The van der Waals surface area contributed by atoms with Crippen molar-refractivity contribution in [2.45, 2.75) is 19.0 Å². The van der Waals surface area contributed by atoms with Crippen molar-refractivity contribution in [1.29, 1.82) is 0 Å². The van der Waals surface area contributed by atoms with E-state index in [1.807, 2.05) is 6.07 Å². The van der Waals surface area contributed by atoms with Gasteiger partial charge in [-0.25, -0.2) is 0 Å². The molecule has 2 nitrogen and oxygen atoms in total. The fourth-order valence-corrected chi connectivity index (χ4v) is 2.83. The minimum Gasteiger partial charge on any atom is -0.329 e. The molecule has 1 unspecified atom stereocenters. The molecule has 0 radical (unpaired) electrons. The van der Waals surface area contributed by atoms with Crippen LogP contribution in [-0.2, 0) is 13.0 Å². The number of fused-ring (bicyclic) bond motifs is 1. The molecule has 3 aromatic carbocycles. The second-order valence-corrected chi connectivity index (χ2v) is 5.64. The number of hydrogen-bond acceptors (Lipinski definition) is 2. The molecule has 22 heavy (non-hydrogen) atoms. The summed E-state index contributed by atoms with van der Waals surface area (Å²) in [7, 11) is 0. The van der Waals surface area contributed by atoms with Gasteiger partial charge in [0.25, 0.3) is 0 Å². The Hall–Kier alpha value is -2.16. The summed E-state index contributed by atoms with van der Waals surface area (Å²) < 4.78 is 0. The van der Waals surface area contributed by atoms with E-state index in [0.29, 0.717) is 6.54 Å². The van der Waals surface area contributed by atoms with Gasteiger partial charge < -0.3 is 11.1 Å². The lowest BCUT2D eigenvalue weighted by Gasteiger charge is -2.18. The summed E-state index contributed by atoms with van der Waals surface area (Å²) in [5.74, 6) is 0. The van der Waals surface area contributed by atoms with Gasteiger partial charge in [-0.2, -0.15) is 0 Å². The highest BCUT2D eigenvalue weighted by molar-refractivity contribution is 5.85. The lowest BCUT2D eigenvalue weighted by Crippen LogP contribution is -2.37. The van der Waals surface area contributed by atoms with Crippen molar-refractivity contribution in [3.63, 3.8) is 0 Å². The second kappa shape index (κ2) is 7.21. The van der Waals surface area contributed by atoms with Crippen LogP contribution in [0.15, 0.2) is 72.8 Å². The van der Waals surface area contributed by atoms with Crippen LogP contribution in [0.3, 0.4) is 0 Å². The first-order chi connectivity index (χ1) is 10.9. The topological polar surface area (TPSA) is 38.0 Å². The summed E-state index contributed by atoms with van der Waals surface area (Å²) in [5.41, 5.74) is 8.61. The number of hydrogen-bond donors (Lipinski definition) is 2. The minimum absolute atomic E-state index is 0.283. The molecule has 3 rings (SSSR count). The van der Waals surface area contributed by atoms with Gasteiger partial charge in [-0.05, 0) is 28.3 Å². The third-order valence-electron chi connectivity index (χ3n) is 4.07. The fourth-order valence-electron chi connectivity index (χ4n) is 2.83. The molecule has 0 aliphatic rings. The highest BCUT2D eigenvalue weighted by Gasteiger charge is 2.09. The van der Waals surface area contributed by atoms with Gasteiger partial charge in [0.2, 0.25) is 0 Å². The van der Waals surface area contributed by atoms with Crippen molar-refractivity contribution in [1.82, 2.24) is 5.32 Å². The molecule has 0 fully saturated rings. The summed E-state index contributed by atoms with van der Waals surface area (Å²) in [4.78, 5) is 0. The first-order valence-corrected chi connectivity index (χ1v) is 7.81. The molecule has 1 atom stereocenters. The Kier molecular flexibility index (Phi) is 4.84. The van der Waals surface area contributed by atoms with Gasteiger partial charge >= 0.3 is 0 Å². The molecule has 0 saturated heterocycles. The van der Waals surface area contributed by atoms with E-state index in [2.05, 4.69) is 72.0 Å². The van der Waals surface area contributed by atoms with E-state index in [1.54, 1.807) is 0 Å². The summed E-state index contributed by atoms with van der Waals surface area (Å²) >= 11 is 0.